The minimum Gasteiger partial charge on any atom is -0.483 e. The highest BCUT2D eigenvalue weighted by Gasteiger charge is 2.28. The smallest absolute Gasteiger partial charge is 0.167 e. The number of rotatable bonds is 5. The number of aromatic nitrogens is 4. The van der Waals surface area contributed by atoms with Crippen molar-refractivity contribution in [3.8, 4) is 23.1 Å². The molecule has 5 rings (SSSR count). The van der Waals surface area contributed by atoms with Gasteiger partial charge < -0.3 is 9.64 Å². The van der Waals surface area contributed by atoms with E-state index in [2.05, 4.69) is 26.2 Å². The van der Waals surface area contributed by atoms with Crippen LogP contribution in [0.2, 0.25) is 10.0 Å². The molecule has 0 bridgehead atoms. The predicted octanol–water partition coefficient (Wildman–Crippen LogP) is 6.24. The van der Waals surface area contributed by atoms with Crippen LogP contribution in [0.5, 0.6) is 5.75 Å². The first-order chi connectivity index (χ1) is 16.9. The Bertz CT molecular complexity index is 1450. The molecule has 1 aromatic carbocycles. The highest BCUT2D eigenvalue weighted by Crippen LogP contribution is 2.37. The second-order valence-corrected chi connectivity index (χ2v) is 9.00. The number of halogens is 4. The van der Waals surface area contributed by atoms with Crippen LogP contribution >= 0.6 is 23.2 Å². The van der Waals surface area contributed by atoms with Gasteiger partial charge in [-0.2, -0.15) is 10.4 Å². The molecule has 0 saturated carbocycles. The molecule has 4 heterocycles. The van der Waals surface area contributed by atoms with Gasteiger partial charge in [-0.05, 0) is 31.9 Å². The van der Waals surface area contributed by atoms with Crippen molar-refractivity contribution in [3.05, 3.63) is 64.0 Å². The number of hydrogen-bond acceptors (Lipinski definition) is 6. The van der Waals surface area contributed by atoms with Gasteiger partial charge in [-0.1, -0.05) is 23.2 Å². The van der Waals surface area contributed by atoms with Crippen LogP contribution < -0.4 is 9.64 Å². The van der Waals surface area contributed by atoms with Gasteiger partial charge in [0.2, 0.25) is 0 Å². The Hall–Kier alpha value is -3.48. The number of benzene rings is 1. The Morgan fingerprint density at radius 1 is 1.17 bits per heavy atom. The minimum atomic E-state index is -0.674. The number of fused-ring (bicyclic) bond motifs is 1. The number of H-pyrrole nitrogens is 1. The normalized spacial score (nSPS) is 16.5. The summed E-state index contributed by atoms with van der Waals surface area (Å²) in [6.07, 6.45) is 5.15. The van der Waals surface area contributed by atoms with Crippen molar-refractivity contribution in [2.24, 2.45) is 0 Å². The fourth-order valence-electron chi connectivity index (χ4n) is 4.31. The van der Waals surface area contributed by atoms with E-state index in [4.69, 9.17) is 27.9 Å². The summed E-state index contributed by atoms with van der Waals surface area (Å²) in [4.78, 5) is 9.86. The van der Waals surface area contributed by atoms with E-state index < -0.39 is 23.8 Å². The zero-order chi connectivity index (χ0) is 24.7. The van der Waals surface area contributed by atoms with Crippen LogP contribution in [-0.4, -0.2) is 32.8 Å². The Labute approximate surface area is 209 Å². The molecular formula is C24H18Cl2F2N6O. The average molecular weight is 515 g/mol. The first-order valence-electron chi connectivity index (χ1n) is 10.8. The molecule has 2 atom stereocenters. The van der Waals surface area contributed by atoms with Crippen molar-refractivity contribution in [2.75, 3.05) is 11.4 Å². The van der Waals surface area contributed by atoms with E-state index >= 15 is 4.39 Å². The summed E-state index contributed by atoms with van der Waals surface area (Å²) in [5.41, 5.74) is 1.67. The van der Waals surface area contributed by atoms with Gasteiger partial charge in [0.15, 0.2) is 23.2 Å². The van der Waals surface area contributed by atoms with E-state index in [0.717, 1.165) is 6.42 Å². The lowest BCUT2D eigenvalue weighted by molar-refractivity contribution is 0.217. The van der Waals surface area contributed by atoms with E-state index in [1.165, 1.54) is 36.8 Å². The molecule has 0 amide bonds. The molecule has 1 N–H and O–H groups in total. The molecule has 1 fully saturated rings. The molecule has 35 heavy (non-hydrogen) atoms. The molecule has 0 radical (unpaired) electrons. The largest absolute Gasteiger partial charge is 0.483 e. The van der Waals surface area contributed by atoms with Crippen molar-refractivity contribution in [3.63, 3.8) is 0 Å². The minimum absolute atomic E-state index is 0.0458. The first-order valence-corrected chi connectivity index (χ1v) is 11.6. The van der Waals surface area contributed by atoms with E-state index in [-0.39, 0.29) is 11.6 Å². The summed E-state index contributed by atoms with van der Waals surface area (Å²) in [5, 5.41) is 17.4. The molecule has 4 aromatic rings. The van der Waals surface area contributed by atoms with Gasteiger partial charge in [0.05, 0.1) is 21.6 Å². The molecule has 1 aliphatic rings. The highest BCUT2D eigenvalue weighted by molar-refractivity contribution is 6.35. The number of nitrogens with zero attached hydrogens (tertiary/aromatic N) is 5. The van der Waals surface area contributed by atoms with Crippen LogP contribution in [-0.2, 0) is 0 Å². The SMILES string of the molecule is CC(Oc1cc2c(-c3cnc(N4CCC[C@@H]4C#N)c(F)c3)n[nH]c2cc1F)c1c(Cl)cncc1Cl. The second kappa shape index (κ2) is 9.29. The van der Waals surface area contributed by atoms with E-state index in [1.807, 2.05) is 0 Å². The lowest BCUT2D eigenvalue weighted by atomic mass is 10.1. The zero-order valence-corrected chi connectivity index (χ0v) is 19.9. The van der Waals surface area contributed by atoms with Crippen LogP contribution in [0.3, 0.4) is 0 Å². The summed E-state index contributed by atoms with van der Waals surface area (Å²) < 4.78 is 35.7. The molecule has 11 heteroatoms. The van der Waals surface area contributed by atoms with Gasteiger partial charge in [0.25, 0.3) is 0 Å². The lowest BCUT2D eigenvalue weighted by Crippen LogP contribution is -2.29. The first kappa shape index (κ1) is 23.3. The lowest BCUT2D eigenvalue weighted by Gasteiger charge is -2.21. The van der Waals surface area contributed by atoms with Crippen LogP contribution in [0.4, 0.5) is 14.6 Å². The number of ether oxygens (including phenoxy) is 1. The summed E-state index contributed by atoms with van der Waals surface area (Å²) in [6.45, 7) is 2.26. The summed E-state index contributed by atoms with van der Waals surface area (Å²) >= 11 is 12.4. The second-order valence-electron chi connectivity index (χ2n) is 8.19. The molecule has 178 valence electrons. The predicted molar refractivity (Wildman–Crippen MR) is 129 cm³/mol. The van der Waals surface area contributed by atoms with Crippen LogP contribution in [0.15, 0.2) is 36.8 Å². The molecule has 7 nitrogen and oxygen atoms in total. The summed E-state index contributed by atoms with van der Waals surface area (Å²) in [7, 11) is 0. The van der Waals surface area contributed by atoms with Crippen molar-refractivity contribution in [2.45, 2.75) is 31.9 Å². The van der Waals surface area contributed by atoms with Gasteiger partial charge in [0, 0.05) is 47.7 Å². The Morgan fingerprint density at radius 2 is 1.94 bits per heavy atom. The number of aromatic amines is 1. The molecule has 1 unspecified atom stereocenters. The molecule has 3 aromatic heterocycles. The topological polar surface area (TPSA) is 90.7 Å². The van der Waals surface area contributed by atoms with E-state index in [9.17, 15) is 9.65 Å². The Balaban J connectivity index is 1.49. The number of nitriles is 1. The van der Waals surface area contributed by atoms with Crippen LogP contribution in [0.1, 0.15) is 31.4 Å². The number of anilines is 1. The van der Waals surface area contributed by atoms with Gasteiger partial charge in [0.1, 0.15) is 17.8 Å². The van der Waals surface area contributed by atoms with E-state index in [0.29, 0.717) is 50.7 Å². The van der Waals surface area contributed by atoms with Gasteiger partial charge in [-0.25, -0.2) is 13.8 Å². The van der Waals surface area contributed by atoms with Gasteiger partial charge in [-0.3, -0.25) is 10.1 Å². The number of nitrogens with one attached hydrogen (secondary N) is 1. The van der Waals surface area contributed by atoms with Crippen molar-refractivity contribution in [1.82, 2.24) is 20.2 Å². The third-order valence-corrected chi connectivity index (χ3v) is 6.59. The molecule has 0 aliphatic carbocycles. The maximum atomic E-state index is 15.0. The monoisotopic (exact) mass is 514 g/mol. The Morgan fingerprint density at radius 3 is 2.66 bits per heavy atom. The van der Waals surface area contributed by atoms with Crippen molar-refractivity contribution >= 4 is 39.9 Å². The Kier molecular flexibility index (Phi) is 6.17. The number of hydrogen-bond donors (Lipinski definition) is 1. The average Bonchev–Trinajstić information content (AvgIpc) is 3.46. The molecule has 0 spiro atoms. The van der Waals surface area contributed by atoms with Crippen molar-refractivity contribution in [1.29, 1.82) is 5.26 Å². The van der Waals surface area contributed by atoms with E-state index in [1.54, 1.807) is 11.8 Å². The fraction of sp³-hybridized carbons (Fsp3) is 0.250. The maximum absolute atomic E-state index is 15.0. The summed E-state index contributed by atoms with van der Waals surface area (Å²) in [5.74, 6) is -1.09. The fourth-order valence-corrected chi connectivity index (χ4v) is 4.99. The molecule has 1 saturated heterocycles. The molecule has 1 aliphatic heterocycles. The third-order valence-electron chi connectivity index (χ3n) is 5.99. The van der Waals surface area contributed by atoms with Crippen LogP contribution in [0, 0.1) is 23.0 Å². The third kappa shape index (κ3) is 4.24. The number of pyridine rings is 2. The maximum Gasteiger partial charge on any atom is 0.167 e. The summed E-state index contributed by atoms with van der Waals surface area (Å²) in [6, 6.07) is 5.84. The zero-order valence-electron chi connectivity index (χ0n) is 18.4. The molecular weight excluding hydrogens is 497 g/mol. The highest BCUT2D eigenvalue weighted by atomic mass is 35.5. The van der Waals surface area contributed by atoms with Crippen molar-refractivity contribution < 1.29 is 13.5 Å². The van der Waals surface area contributed by atoms with Crippen LogP contribution in [0.25, 0.3) is 22.2 Å². The standard InChI is InChI=1S/C24H18Cl2F2N6O/c1-12(22-16(25)10-30-11-17(22)26)35-21-6-15-20(7-18(21)27)32-33-23(15)13-5-19(28)24(31-9-13)34-4-2-3-14(34)8-29/h5-7,9-12,14H,2-4H2,1H3,(H,32,33)/t12?,14-/m1/s1. The van der Waals surface area contributed by atoms with Gasteiger partial charge >= 0.3 is 0 Å². The quantitative estimate of drug-likeness (QED) is 0.339. The van der Waals surface area contributed by atoms with Gasteiger partial charge in [-0.15, -0.1) is 0 Å².